The SMILES string of the molecule is Cc1cc(C#N)ccc1-c1ccc(-n2ccnc2)cc1. The molecule has 0 unspecified atom stereocenters. The molecular formula is C17H13N3. The molecule has 3 heteroatoms. The van der Waals surface area contributed by atoms with E-state index in [2.05, 4.69) is 35.3 Å². The van der Waals surface area contributed by atoms with Gasteiger partial charge in [-0.1, -0.05) is 18.2 Å². The fourth-order valence-corrected chi connectivity index (χ4v) is 2.28. The molecule has 0 N–H and O–H groups in total. The number of nitrogens with zero attached hydrogens (tertiary/aromatic N) is 3. The maximum Gasteiger partial charge on any atom is 0.0991 e. The van der Waals surface area contributed by atoms with E-state index in [1.165, 1.54) is 0 Å². The van der Waals surface area contributed by atoms with Crippen LogP contribution >= 0.6 is 0 Å². The van der Waals surface area contributed by atoms with Crippen LogP contribution in [-0.4, -0.2) is 9.55 Å². The summed E-state index contributed by atoms with van der Waals surface area (Å²) >= 11 is 0. The molecule has 2 aromatic carbocycles. The standard InChI is InChI=1S/C17H13N3/c1-13-10-14(11-18)2-7-17(13)15-3-5-16(6-4-15)20-9-8-19-12-20/h2-10,12H,1H3. The van der Waals surface area contributed by atoms with Gasteiger partial charge in [0.05, 0.1) is 18.0 Å². The zero-order valence-electron chi connectivity index (χ0n) is 11.1. The monoisotopic (exact) mass is 259 g/mol. The summed E-state index contributed by atoms with van der Waals surface area (Å²) in [6, 6.07) is 16.2. The Bertz CT molecular complexity index is 763. The number of aryl methyl sites for hydroxylation is 1. The molecule has 0 saturated heterocycles. The third kappa shape index (κ3) is 2.19. The van der Waals surface area contributed by atoms with Crippen LogP contribution in [0.4, 0.5) is 0 Å². The molecule has 0 radical (unpaired) electrons. The van der Waals surface area contributed by atoms with Gasteiger partial charge in [0.15, 0.2) is 0 Å². The molecule has 1 aromatic heterocycles. The molecule has 1 heterocycles. The van der Waals surface area contributed by atoms with Gasteiger partial charge in [-0.25, -0.2) is 4.98 Å². The highest BCUT2D eigenvalue weighted by atomic mass is 15.0. The van der Waals surface area contributed by atoms with Crippen molar-refractivity contribution in [3.05, 3.63) is 72.3 Å². The maximum atomic E-state index is 8.91. The lowest BCUT2D eigenvalue weighted by Crippen LogP contribution is -1.90. The first kappa shape index (κ1) is 12.2. The smallest absolute Gasteiger partial charge is 0.0991 e. The van der Waals surface area contributed by atoms with Crippen molar-refractivity contribution in [3.63, 3.8) is 0 Å². The minimum Gasteiger partial charge on any atom is -0.306 e. The average molecular weight is 259 g/mol. The third-order valence-electron chi connectivity index (χ3n) is 3.34. The van der Waals surface area contributed by atoms with E-state index < -0.39 is 0 Å². The fourth-order valence-electron chi connectivity index (χ4n) is 2.28. The Kier molecular flexibility index (Phi) is 3.06. The largest absolute Gasteiger partial charge is 0.306 e. The Hall–Kier alpha value is -2.86. The van der Waals surface area contributed by atoms with Crippen molar-refractivity contribution in [3.8, 4) is 22.9 Å². The van der Waals surface area contributed by atoms with E-state index in [0.717, 1.165) is 22.4 Å². The zero-order valence-corrected chi connectivity index (χ0v) is 11.1. The van der Waals surface area contributed by atoms with Crippen molar-refractivity contribution >= 4 is 0 Å². The Balaban J connectivity index is 1.98. The van der Waals surface area contributed by atoms with Crippen molar-refractivity contribution < 1.29 is 0 Å². The highest BCUT2D eigenvalue weighted by Gasteiger charge is 2.03. The molecule has 3 aromatic rings. The lowest BCUT2D eigenvalue weighted by molar-refractivity contribution is 1.06. The topological polar surface area (TPSA) is 41.6 Å². The van der Waals surface area contributed by atoms with Crippen molar-refractivity contribution in [2.45, 2.75) is 6.92 Å². The van der Waals surface area contributed by atoms with E-state index in [0.29, 0.717) is 5.56 Å². The summed E-state index contributed by atoms with van der Waals surface area (Å²) in [6.45, 7) is 2.03. The minimum absolute atomic E-state index is 0.696. The molecule has 96 valence electrons. The molecule has 0 aliphatic carbocycles. The lowest BCUT2D eigenvalue weighted by Gasteiger charge is -2.08. The highest BCUT2D eigenvalue weighted by molar-refractivity contribution is 5.69. The molecule has 0 amide bonds. The molecule has 0 bridgehead atoms. The molecule has 0 saturated carbocycles. The van der Waals surface area contributed by atoms with Crippen LogP contribution in [0, 0.1) is 18.3 Å². The second-order valence-corrected chi connectivity index (χ2v) is 4.66. The van der Waals surface area contributed by atoms with Crippen LogP contribution in [-0.2, 0) is 0 Å². The quantitative estimate of drug-likeness (QED) is 0.703. The predicted octanol–water partition coefficient (Wildman–Crippen LogP) is 3.72. The summed E-state index contributed by atoms with van der Waals surface area (Å²) < 4.78 is 1.97. The molecule has 3 rings (SSSR count). The lowest BCUT2D eigenvalue weighted by atomic mass is 9.98. The average Bonchev–Trinajstić information content (AvgIpc) is 3.01. The van der Waals surface area contributed by atoms with Crippen LogP contribution in [0.1, 0.15) is 11.1 Å². The second kappa shape index (κ2) is 5.02. The first-order valence-electron chi connectivity index (χ1n) is 6.37. The third-order valence-corrected chi connectivity index (χ3v) is 3.34. The molecule has 0 aliphatic heterocycles. The number of hydrogen-bond acceptors (Lipinski definition) is 2. The van der Waals surface area contributed by atoms with E-state index >= 15 is 0 Å². The summed E-state index contributed by atoms with van der Waals surface area (Å²) in [5.41, 5.74) is 5.19. The van der Waals surface area contributed by atoms with Gasteiger partial charge in [0.2, 0.25) is 0 Å². The zero-order chi connectivity index (χ0) is 13.9. The van der Waals surface area contributed by atoms with Crippen LogP contribution in [0.3, 0.4) is 0 Å². The fraction of sp³-hybridized carbons (Fsp3) is 0.0588. The summed E-state index contributed by atoms with van der Waals surface area (Å²) in [4.78, 5) is 4.04. The minimum atomic E-state index is 0.696. The van der Waals surface area contributed by atoms with Gasteiger partial charge in [-0.15, -0.1) is 0 Å². The van der Waals surface area contributed by atoms with Gasteiger partial charge >= 0.3 is 0 Å². The Morgan fingerprint density at radius 1 is 1.10 bits per heavy atom. The first-order valence-corrected chi connectivity index (χ1v) is 6.37. The van der Waals surface area contributed by atoms with Gasteiger partial charge in [-0.2, -0.15) is 5.26 Å². The van der Waals surface area contributed by atoms with E-state index in [9.17, 15) is 0 Å². The number of hydrogen-bond donors (Lipinski definition) is 0. The van der Waals surface area contributed by atoms with Crippen LogP contribution in [0.25, 0.3) is 16.8 Å². The van der Waals surface area contributed by atoms with Crippen molar-refractivity contribution in [2.75, 3.05) is 0 Å². The number of benzene rings is 2. The normalized spacial score (nSPS) is 10.2. The Labute approximate surface area is 117 Å². The van der Waals surface area contributed by atoms with E-state index in [1.54, 1.807) is 12.5 Å². The van der Waals surface area contributed by atoms with E-state index in [1.807, 2.05) is 35.9 Å². The van der Waals surface area contributed by atoms with E-state index in [4.69, 9.17) is 5.26 Å². The van der Waals surface area contributed by atoms with Crippen LogP contribution in [0.5, 0.6) is 0 Å². The van der Waals surface area contributed by atoms with Gasteiger partial charge in [-0.3, -0.25) is 0 Å². The van der Waals surface area contributed by atoms with E-state index in [-0.39, 0.29) is 0 Å². The van der Waals surface area contributed by atoms with Crippen LogP contribution in [0.2, 0.25) is 0 Å². The second-order valence-electron chi connectivity index (χ2n) is 4.66. The predicted molar refractivity (Wildman–Crippen MR) is 78.5 cm³/mol. The molecule has 3 nitrogen and oxygen atoms in total. The molecule has 0 fully saturated rings. The summed E-state index contributed by atoms with van der Waals surface area (Å²) in [5, 5.41) is 8.91. The number of nitriles is 1. The van der Waals surface area contributed by atoms with Crippen LogP contribution in [0.15, 0.2) is 61.2 Å². The van der Waals surface area contributed by atoms with Crippen molar-refractivity contribution in [2.24, 2.45) is 0 Å². The first-order chi connectivity index (χ1) is 9.78. The Morgan fingerprint density at radius 3 is 2.50 bits per heavy atom. The van der Waals surface area contributed by atoms with Gasteiger partial charge in [0.25, 0.3) is 0 Å². The number of rotatable bonds is 2. The number of imidazole rings is 1. The maximum absolute atomic E-state index is 8.91. The molecular weight excluding hydrogens is 246 g/mol. The van der Waals surface area contributed by atoms with Gasteiger partial charge in [0, 0.05) is 18.1 Å². The molecule has 0 spiro atoms. The molecule has 0 atom stereocenters. The summed E-state index contributed by atoms with van der Waals surface area (Å²) in [6.07, 6.45) is 5.46. The van der Waals surface area contributed by atoms with Gasteiger partial charge in [-0.05, 0) is 47.9 Å². The summed E-state index contributed by atoms with van der Waals surface area (Å²) in [5.74, 6) is 0. The van der Waals surface area contributed by atoms with Crippen molar-refractivity contribution in [1.82, 2.24) is 9.55 Å². The summed E-state index contributed by atoms with van der Waals surface area (Å²) in [7, 11) is 0. The van der Waals surface area contributed by atoms with Gasteiger partial charge < -0.3 is 4.57 Å². The molecule has 20 heavy (non-hydrogen) atoms. The number of aromatic nitrogens is 2. The molecule has 0 aliphatic rings. The Morgan fingerprint density at radius 2 is 1.90 bits per heavy atom. The van der Waals surface area contributed by atoms with Crippen molar-refractivity contribution in [1.29, 1.82) is 5.26 Å². The van der Waals surface area contributed by atoms with Gasteiger partial charge in [0.1, 0.15) is 0 Å². The van der Waals surface area contributed by atoms with Crippen LogP contribution < -0.4 is 0 Å². The highest BCUT2D eigenvalue weighted by Crippen LogP contribution is 2.25.